The Morgan fingerprint density at radius 2 is 1.75 bits per heavy atom. The molecule has 0 fully saturated rings. The first-order valence-electron chi connectivity index (χ1n) is 9.17. The van der Waals surface area contributed by atoms with Crippen molar-refractivity contribution in [2.75, 3.05) is 33.9 Å². The second-order valence-electron chi connectivity index (χ2n) is 6.00. The Morgan fingerprint density at radius 1 is 1.00 bits per heavy atom. The van der Waals surface area contributed by atoms with Crippen molar-refractivity contribution < 1.29 is 14.6 Å². The second-order valence-corrected chi connectivity index (χ2v) is 6.00. The van der Waals surface area contributed by atoms with Crippen LogP contribution in [0.15, 0.2) is 47.5 Å². The number of benzene rings is 2. The van der Waals surface area contributed by atoms with Crippen LogP contribution < -0.4 is 20.1 Å². The topological polar surface area (TPSA) is 75.1 Å². The van der Waals surface area contributed by atoms with Crippen molar-refractivity contribution in [3.63, 3.8) is 0 Å². The molecule has 7 heteroatoms. The largest absolute Gasteiger partial charge is 0.504 e. The standard InChI is InChI=1S/C21H29N3O3.HI/c1-4-22-21(23-14-12-16-8-10-18(26-2)11-9-16)24-15-13-17-6-5-7-19(27-3)20(17)25;/h5-11,25H,4,12-15H2,1-3H3,(H2,22,23,24);1H. The molecule has 0 amide bonds. The Kier molecular flexibility index (Phi) is 11.2. The first-order chi connectivity index (χ1) is 13.2. The molecule has 0 spiro atoms. The van der Waals surface area contributed by atoms with Gasteiger partial charge in [0.05, 0.1) is 14.2 Å². The van der Waals surface area contributed by atoms with Crippen LogP contribution in [0, 0.1) is 0 Å². The number of halogens is 1. The highest BCUT2D eigenvalue weighted by molar-refractivity contribution is 14.0. The molecule has 0 radical (unpaired) electrons. The van der Waals surface area contributed by atoms with Crippen LogP contribution in [0.5, 0.6) is 17.2 Å². The van der Waals surface area contributed by atoms with Crippen molar-refractivity contribution >= 4 is 29.9 Å². The number of rotatable bonds is 9. The van der Waals surface area contributed by atoms with Gasteiger partial charge in [-0.15, -0.1) is 24.0 Å². The number of nitrogens with one attached hydrogen (secondary N) is 2. The van der Waals surface area contributed by atoms with Gasteiger partial charge in [-0.05, 0) is 49.1 Å². The van der Waals surface area contributed by atoms with E-state index in [1.807, 2.05) is 31.2 Å². The summed E-state index contributed by atoms with van der Waals surface area (Å²) in [5.41, 5.74) is 2.06. The number of hydrogen-bond donors (Lipinski definition) is 3. The summed E-state index contributed by atoms with van der Waals surface area (Å²) in [4.78, 5) is 4.59. The quantitative estimate of drug-likeness (QED) is 0.280. The fraction of sp³-hybridized carbons (Fsp3) is 0.381. The minimum Gasteiger partial charge on any atom is -0.504 e. The summed E-state index contributed by atoms with van der Waals surface area (Å²) in [5, 5.41) is 16.7. The van der Waals surface area contributed by atoms with Crippen molar-refractivity contribution in [1.82, 2.24) is 10.6 Å². The number of aromatic hydroxyl groups is 1. The van der Waals surface area contributed by atoms with Gasteiger partial charge < -0.3 is 25.2 Å². The van der Waals surface area contributed by atoms with Crippen molar-refractivity contribution in [2.24, 2.45) is 4.99 Å². The molecule has 154 valence electrons. The molecule has 0 saturated heterocycles. The van der Waals surface area contributed by atoms with E-state index in [9.17, 15) is 5.11 Å². The number of methoxy groups -OCH3 is 2. The first-order valence-corrected chi connectivity index (χ1v) is 9.17. The number of para-hydroxylation sites is 1. The van der Waals surface area contributed by atoms with Crippen LogP contribution in [-0.4, -0.2) is 44.9 Å². The Morgan fingerprint density at radius 3 is 2.39 bits per heavy atom. The summed E-state index contributed by atoms with van der Waals surface area (Å²) in [7, 11) is 3.22. The van der Waals surface area contributed by atoms with Gasteiger partial charge in [0.15, 0.2) is 17.5 Å². The minimum absolute atomic E-state index is 0. The Bertz CT molecular complexity index is 736. The Labute approximate surface area is 184 Å². The maximum atomic E-state index is 10.1. The molecular weight excluding hydrogens is 469 g/mol. The lowest BCUT2D eigenvalue weighted by atomic mass is 10.1. The van der Waals surface area contributed by atoms with Crippen molar-refractivity contribution in [3.8, 4) is 17.2 Å². The highest BCUT2D eigenvalue weighted by Crippen LogP contribution is 2.29. The third-order valence-corrected chi connectivity index (χ3v) is 4.16. The van der Waals surface area contributed by atoms with Gasteiger partial charge in [0, 0.05) is 19.6 Å². The van der Waals surface area contributed by atoms with Crippen LogP contribution in [-0.2, 0) is 12.8 Å². The molecule has 6 nitrogen and oxygen atoms in total. The van der Waals surface area contributed by atoms with Gasteiger partial charge in [-0.2, -0.15) is 0 Å². The van der Waals surface area contributed by atoms with Gasteiger partial charge in [0.25, 0.3) is 0 Å². The van der Waals surface area contributed by atoms with Crippen LogP contribution in [0.3, 0.4) is 0 Å². The van der Waals surface area contributed by atoms with Crippen molar-refractivity contribution in [2.45, 2.75) is 19.8 Å². The summed E-state index contributed by atoms with van der Waals surface area (Å²) in [6.45, 7) is 4.18. The van der Waals surface area contributed by atoms with Crippen LogP contribution >= 0.6 is 24.0 Å². The molecule has 0 saturated carbocycles. The number of phenolic OH excluding ortho intramolecular Hbond substituents is 1. The number of phenols is 1. The molecule has 3 N–H and O–H groups in total. The van der Waals surface area contributed by atoms with Crippen molar-refractivity contribution in [3.05, 3.63) is 53.6 Å². The van der Waals surface area contributed by atoms with Gasteiger partial charge >= 0.3 is 0 Å². The lowest BCUT2D eigenvalue weighted by Gasteiger charge is -2.12. The summed E-state index contributed by atoms with van der Waals surface area (Å²) < 4.78 is 10.3. The highest BCUT2D eigenvalue weighted by atomic mass is 127. The number of hydrogen-bond acceptors (Lipinski definition) is 4. The average molecular weight is 499 g/mol. The van der Waals surface area contributed by atoms with Crippen LogP contribution in [0.25, 0.3) is 0 Å². The molecule has 2 aromatic carbocycles. The molecule has 2 rings (SSSR count). The molecule has 0 aromatic heterocycles. The summed E-state index contributed by atoms with van der Waals surface area (Å²) in [5.74, 6) is 2.31. The molecule has 0 aliphatic carbocycles. The van der Waals surface area contributed by atoms with E-state index in [1.54, 1.807) is 20.3 Å². The SMILES string of the molecule is CCNC(=NCCc1cccc(OC)c1O)NCCc1ccc(OC)cc1.I. The third kappa shape index (κ3) is 7.46. The molecule has 0 heterocycles. The Hall–Kier alpha value is -2.16. The number of nitrogens with zero attached hydrogens (tertiary/aromatic N) is 1. The van der Waals surface area contributed by atoms with E-state index in [0.29, 0.717) is 18.7 Å². The summed E-state index contributed by atoms with van der Waals surface area (Å²) in [6.07, 6.45) is 1.53. The lowest BCUT2D eigenvalue weighted by molar-refractivity contribution is 0.370. The van der Waals surface area contributed by atoms with Gasteiger partial charge in [-0.3, -0.25) is 4.99 Å². The second kappa shape index (κ2) is 13.1. The van der Waals surface area contributed by atoms with E-state index in [-0.39, 0.29) is 29.7 Å². The smallest absolute Gasteiger partial charge is 0.191 e. The van der Waals surface area contributed by atoms with Crippen LogP contribution in [0.1, 0.15) is 18.1 Å². The van der Waals surface area contributed by atoms with Crippen LogP contribution in [0.2, 0.25) is 0 Å². The molecule has 0 aliphatic heterocycles. The molecule has 2 aromatic rings. The maximum Gasteiger partial charge on any atom is 0.191 e. The van der Waals surface area contributed by atoms with Gasteiger partial charge in [-0.1, -0.05) is 24.3 Å². The van der Waals surface area contributed by atoms with E-state index < -0.39 is 0 Å². The van der Waals surface area contributed by atoms with E-state index >= 15 is 0 Å². The van der Waals surface area contributed by atoms with Gasteiger partial charge in [-0.25, -0.2) is 0 Å². The normalized spacial score (nSPS) is 10.8. The summed E-state index contributed by atoms with van der Waals surface area (Å²) in [6, 6.07) is 13.6. The van der Waals surface area contributed by atoms with Gasteiger partial charge in [0.1, 0.15) is 5.75 Å². The average Bonchev–Trinajstić information content (AvgIpc) is 2.70. The van der Waals surface area contributed by atoms with Crippen LogP contribution in [0.4, 0.5) is 0 Å². The van der Waals surface area contributed by atoms with E-state index in [4.69, 9.17) is 9.47 Å². The van der Waals surface area contributed by atoms with Gasteiger partial charge in [0.2, 0.25) is 0 Å². The fourth-order valence-corrected chi connectivity index (χ4v) is 2.68. The van der Waals surface area contributed by atoms with E-state index in [1.165, 1.54) is 5.56 Å². The minimum atomic E-state index is 0. The zero-order valence-electron chi connectivity index (χ0n) is 16.7. The maximum absolute atomic E-state index is 10.1. The molecule has 0 aliphatic rings. The first kappa shape index (κ1) is 23.9. The Balaban J connectivity index is 0.00000392. The predicted octanol–water partition coefficient (Wildman–Crippen LogP) is 3.37. The molecular formula is C21H30IN3O3. The third-order valence-electron chi connectivity index (χ3n) is 4.16. The van der Waals surface area contributed by atoms with Crippen molar-refractivity contribution in [1.29, 1.82) is 0 Å². The molecule has 0 unspecified atom stereocenters. The van der Waals surface area contributed by atoms with E-state index in [0.717, 1.165) is 36.8 Å². The molecule has 28 heavy (non-hydrogen) atoms. The predicted molar refractivity (Wildman–Crippen MR) is 124 cm³/mol. The van der Waals surface area contributed by atoms with E-state index in [2.05, 4.69) is 27.8 Å². The zero-order chi connectivity index (χ0) is 19.5. The number of ether oxygens (including phenoxy) is 2. The monoisotopic (exact) mass is 499 g/mol. The number of guanidine groups is 1. The summed E-state index contributed by atoms with van der Waals surface area (Å²) >= 11 is 0. The lowest BCUT2D eigenvalue weighted by Crippen LogP contribution is -2.38. The zero-order valence-corrected chi connectivity index (χ0v) is 19.0. The molecule has 0 bridgehead atoms. The number of aliphatic imine (C=N–C) groups is 1. The highest BCUT2D eigenvalue weighted by Gasteiger charge is 2.06. The molecule has 0 atom stereocenters. The fourth-order valence-electron chi connectivity index (χ4n) is 2.68.